The van der Waals surface area contributed by atoms with Gasteiger partial charge in [0.1, 0.15) is 34.4 Å². The van der Waals surface area contributed by atoms with Crippen LogP contribution in [0.5, 0.6) is 5.75 Å². The predicted molar refractivity (Wildman–Crippen MR) is 169 cm³/mol. The molecular weight excluding hydrogens is 594 g/mol. The summed E-state index contributed by atoms with van der Waals surface area (Å²) in [6.45, 7) is 15.2. The number of alkyl carbamates (subject to hydrolysis) is 1. The molecule has 2 aromatic rings. The number of rotatable bonds is 6. The van der Waals surface area contributed by atoms with Crippen LogP contribution in [0.1, 0.15) is 106 Å². The molecule has 0 saturated heterocycles. The maximum Gasteiger partial charge on any atom is 0.413 e. The Hall–Kier alpha value is -4.74. The lowest BCUT2D eigenvalue weighted by Gasteiger charge is -2.26. The van der Waals surface area contributed by atoms with Gasteiger partial charge in [0.15, 0.2) is 0 Å². The molecule has 12 nitrogen and oxygen atoms in total. The van der Waals surface area contributed by atoms with Gasteiger partial charge in [0.05, 0.1) is 12.0 Å². The monoisotopic (exact) mass is 637 g/mol. The second-order valence-corrected chi connectivity index (χ2v) is 13.9. The van der Waals surface area contributed by atoms with Crippen molar-refractivity contribution in [3.8, 4) is 5.75 Å². The molecule has 1 aliphatic rings. The maximum absolute atomic E-state index is 13.7. The summed E-state index contributed by atoms with van der Waals surface area (Å²) in [5.74, 6) is -2.82. The number of amides is 2. The van der Waals surface area contributed by atoms with E-state index < -0.39 is 59.2 Å². The Balaban J connectivity index is 1.88. The summed E-state index contributed by atoms with van der Waals surface area (Å²) in [4.78, 5) is 64.8. The first-order chi connectivity index (χ1) is 21.1. The zero-order valence-corrected chi connectivity index (χ0v) is 27.8. The average molecular weight is 638 g/mol. The number of amidine groups is 1. The van der Waals surface area contributed by atoms with Crippen molar-refractivity contribution in [2.75, 3.05) is 0 Å². The van der Waals surface area contributed by atoms with E-state index in [1.165, 1.54) is 18.2 Å². The normalized spacial score (nSPS) is 13.8. The highest BCUT2D eigenvalue weighted by Crippen LogP contribution is 2.29. The molecule has 12 heteroatoms. The Kier molecular flexibility index (Phi) is 10.7. The Morgan fingerprint density at radius 1 is 0.870 bits per heavy atom. The third-order valence-corrected chi connectivity index (χ3v) is 6.25. The second-order valence-electron chi connectivity index (χ2n) is 13.9. The van der Waals surface area contributed by atoms with Gasteiger partial charge in [0.2, 0.25) is 0 Å². The minimum Gasteiger partial charge on any atom is -0.460 e. The number of aryl methyl sites for hydroxylation is 1. The zero-order chi connectivity index (χ0) is 34.6. The van der Waals surface area contributed by atoms with E-state index in [1.807, 2.05) is 0 Å². The van der Waals surface area contributed by atoms with Crippen LogP contribution in [0.25, 0.3) is 0 Å². The first-order valence-electron chi connectivity index (χ1n) is 14.9. The molecule has 0 radical (unpaired) electrons. The molecule has 248 valence electrons. The molecule has 1 aliphatic heterocycles. The number of fused-ring (bicyclic) bond motifs is 2. The summed E-state index contributed by atoms with van der Waals surface area (Å²) in [6.07, 6.45) is -0.716. The van der Waals surface area contributed by atoms with Gasteiger partial charge in [-0.2, -0.15) is 0 Å². The molecular formula is C34H43N3O9. The van der Waals surface area contributed by atoms with E-state index in [9.17, 15) is 24.0 Å². The molecule has 1 atom stereocenters. The summed E-state index contributed by atoms with van der Waals surface area (Å²) >= 11 is 0. The Bertz CT molecular complexity index is 1540. The fourth-order valence-corrected chi connectivity index (χ4v) is 4.53. The van der Waals surface area contributed by atoms with Gasteiger partial charge in [0, 0.05) is 11.1 Å². The van der Waals surface area contributed by atoms with E-state index in [-0.39, 0.29) is 29.1 Å². The molecule has 0 aromatic heterocycles. The van der Waals surface area contributed by atoms with E-state index in [0.29, 0.717) is 23.1 Å². The van der Waals surface area contributed by atoms with Gasteiger partial charge in [-0.15, -0.1) is 0 Å². The summed E-state index contributed by atoms with van der Waals surface area (Å²) in [5, 5.41) is 13.3. The molecule has 1 heterocycles. The number of ether oxygens (including phenoxy) is 4. The maximum atomic E-state index is 13.7. The molecule has 0 aliphatic carbocycles. The predicted octanol–water partition coefficient (Wildman–Crippen LogP) is 5.03. The molecule has 0 unspecified atom stereocenters. The summed E-state index contributed by atoms with van der Waals surface area (Å²) in [7, 11) is 0. The second kappa shape index (κ2) is 13.7. The van der Waals surface area contributed by atoms with Crippen LogP contribution in [0, 0.1) is 5.41 Å². The van der Waals surface area contributed by atoms with Gasteiger partial charge in [-0.1, -0.05) is 6.07 Å². The number of hydrogen-bond donors (Lipinski definition) is 3. The van der Waals surface area contributed by atoms with Crippen LogP contribution in [0.15, 0.2) is 36.4 Å². The van der Waals surface area contributed by atoms with Crippen LogP contribution in [0.2, 0.25) is 0 Å². The van der Waals surface area contributed by atoms with Crippen molar-refractivity contribution in [1.29, 1.82) is 5.41 Å². The number of nitrogens with one attached hydrogen (secondary N) is 3. The first-order valence-corrected chi connectivity index (χ1v) is 14.9. The zero-order valence-electron chi connectivity index (χ0n) is 27.8. The molecule has 3 N–H and O–H groups in total. The van der Waals surface area contributed by atoms with Crippen LogP contribution >= 0.6 is 0 Å². The van der Waals surface area contributed by atoms with Crippen molar-refractivity contribution in [1.82, 2.24) is 10.6 Å². The minimum atomic E-state index is -1.36. The number of carbonyl (C=O) groups excluding carboxylic acids is 5. The summed E-state index contributed by atoms with van der Waals surface area (Å²) in [5.41, 5.74) is -0.851. The number of carbonyl (C=O) groups is 5. The lowest BCUT2D eigenvalue weighted by Crippen LogP contribution is -2.46. The number of benzene rings is 2. The molecule has 0 bridgehead atoms. The number of esters is 3. The average Bonchev–Trinajstić information content (AvgIpc) is 2.87. The van der Waals surface area contributed by atoms with Gasteiger partial charge < -0.3 is 24.3 Å². The highest BCUT2D eigenvalue weighted by molar-refractivity contribution is 6.05. The van der Waals surface area contributed by atoms with Gasteiger partial charge in [-0.3, -0.25) is 20.3 Å². The standard InChI is InChI=1S/C34H43N3O9/c1-32(2,3)44-26(38)18-24(30(41)45-33(4,5)6)36-28(39)22-11-10-12-23-21(22)15-13-19-17-20(14-16-25(19)43-29(23)40)27(35)37-31(42)46-34(7,8)9/h10-12,14,16-17,24H,13,15,18H2,1-9H3,(H,36,39)(H2,35,37,42)/t24-/m0/s1. The Labute approximate surface area is 269 Å². The van der Waals surface area contributed by atoms with Crippen LogP contribution in [0.3, 0.4) is 0 Å². The molecule has 3 rings (SSSR count). The van der Waals surface area contributed by atoms with Crippen LogP contribution in [-0.2, 0) is 36.6 Å². The molecule has 2 amide bonds. The van der Waals surface area contributed by atoms with Crippen molar-refractivity contribution in [2.45, 2.75) is 104 Å². The van der Waals surface area contributed by atoms with Crippen LogP contribution in [0.4, 0.5) is 4.79 Å². The Morgan fingerprint density at radius 3 is 2.11 bits per heavy atom. The Morgan fingerprint density at radius 2 is 1.50 bits per heavy atom. The molecule has 0 saturated carbocycles. The van der Waals surface area contributed by atoms with E-state index in [2.05, 4.69) is 10.6 Å². The number of hydrogen-bond acceptors (Lipinski definition) is 10. The van der Waals surface area contributed by atoms with Crippen molar-refractivity contribution < 1.29 is 42.9 Å². The first kappa shape index (κ1) is 35.7. The van der Waals surface area contributed by atoms with Gasteiger partial charge in [-0.05, 0) is 117 Å². The lowest BCUT2D eigenvalue weighted by molar-refractivity contribution is -0.164. The third kappa shape index (κ3) is 10.4. The van der Waals surface area contributed by atoms with Gasteiger partial charge in [0.25, 0.3) is 5.91 Å². The van der Waals surface area contributed by atoms with Gasteiger partial charge >= 0.3 is 24.0 Å². The SMILES string of the molecule is CC(C)(C)OC(=O)C[C@H](NC(=O)c1cccc2c1CCc1cc(C(=N)NC(=O)OC(C)(C)C)ccc1OC2=O)C(=O)OC(C)(C)C. The van der Waals surface area contributed by atoms with E-state index >= 15 is 0 Å². The van der Waals surface area contributed by atoms with Crippen molar-refractivity contribution in [2.24, 2.45) is 0 Å². The highest BCUT2D eigenvalue weighted by Gasteiger charge is 2.32. The smallest absolute Gasteiger partial charge is 0.413 e. The molecule has 46 heavy (non-hydrogen) atoms. The van der Waals surface area contributed by atoms with E-state index in [4.69, 9.17) is 24.4 Å². The van der Waals surface area contributed by atoms with Crippen molar-refractivity contribution >= 4 is 35.7 Å². The summed E-state index contributed by atoms with van der Waals surface area (Å²) in [6, 6.07) is 7.93. The van der Waals surface area contributed by atoms with Gasteiger partial charge in [-0.25, -0.2) is 14.4 Å². The van der Waals surface area contributed by atoms with E-state index in [0.717, 1.165) is 0 Å². The van der Waals surface area contributed by atoms with Crippen molar-refractivity contribution in [3.05, 3.63) is 64.2 Å². The largest absolute Gasteiger partial charge is 0.460 e. The fourth-order valence-electron chi connectivity index (χ4n) is 4.53. The molecule has 2 aromatic carbocycles. The fraction of sp³-hybridized carbons (Fsp3) is 0.471. The molecule has 0 fully saturated rings. The van der Waals surface area contributed by atoms with E-state index in [1.54, 1.807) is 80.5 Å². The van der Waals surface area contributed by atoms with Crippen LogP contribution in [-0.4, -0.2) is 58.6 Å². The lowest BCUT2D eigenvalue weighted by atomic mass is 9.92. The van der Waals surface area contributed by atoms with Crippen molar-refractivity contribution in [3.63, 3.8) is 0 Å². The topological polar surface area (TPSA) is 170 Å². The van der Waals surface area contributed by atoms with Crippen LogP contribution < -0.4 is 15.4 Å². The highest BCUT2D eigenvalue weighted by atomic mass is 16.6. The molecule has 0 spiro atoms. The summed E-state index contributed by atoms with van der Waals surface area (Å²) < 4.78 is 21.7. The quantitative estimate of drug-likeness (QED) is 0.129. The minimum absolute atomic E-state index is 0.117. The third-order valence-electron chi connectivity index (χ3n) is 6.25.